The molecule has 2 nitrogen and oxygen atoms in total. The first kappa shape index (κ1) is 14.8. The summed E-state index contributed by atoms with van der Waals surface area (Å²) in [7, 11) is -1.68. The van der Waals surface area contributed by atoms with Gasteiger partial charge in [0.05, 0.1) is 0 Å². The van der Waals surface area contributed by atoms with Gasteiger partial charge >= 0.3 is 0 Å². The fourth-order valence-electron chi connectivity index (χ4n) is 1.10. The lowest BCUT2D eigenvalue weighted by Crippen LogP contribution is -2.44. The third-order valence-electron chi connectivity index (χ3n) is 3.56. The molecular weight excluding hydrogens is 204 g/mol. The van der Waals surface area contributed by atoms with Crippen molar-refractivity contribution in [3.05, 3.63) is 0 Å². The van der Waals surface area contributed by atoms with Crippen molar-refractivity contribution in [3.63, 3.8) is 0 Å². The maximum absolute atomic E-state index is 10.4. The van der Waals surface area contributed by atoms with Gasteiger partial charge in [-0.15, -0.1) is 0 Å². The quantitative estimate of drug-likeness (QED) is 0.532. The molecule has 0 aliphatic carbocycles. The first-order chi connectivity index (χ1) is 6.62. The molecular formula is C12H26O2Si. The third kappa shape index (κ3) is 4.47. The van der Waals surface area contributed by atoms with Crippen molar-refractivity contribution in [2.75, 3.05) is 0 Å². The predicted octanol–water partition coefficient (Wildman–Crippen LogP) is 3.62. The van der Waals surface area contributed by atoms with Crippen LogP contribution in [0.4, 0.5) is 0 Å². The van der Waals surface area contributed by atoms with Crippen LogP contribution in [0.3, 0.4) is 0 Å². The average molecular weight is 230 g/mol. The molecule has 0 spiro atoms. The number of hydrogen-bond acceptors (Lipinski definition) is 2. The van der Waals surface area contributed by atoms with Crippen LogP contribution in [0.15, 0.2) is 0 Å². The van der Waals surface area contributed by atoms with Crippen LogP contribution in [0.1, 0.15) is 41.0 Å². The molecule has 0 aliphatic rings. The van der Waals surface area contributed by atoms with Gasteiger partial charge in [-0.2, -0.15) is 0 Å². The van der Waals surface area contributed by atoms with Gasteiger partial charge in [-0.05, 0) is 31.0 Å². The van der Waals surface area contributed by atoms with E-state index in [1.54, 1.807) is 0 Å². The van der Waals surface area contributed by atoms with Crippen molar-refractivity contribution in [2.24, 2.45) is 5.92 Å². The normalized spacial score (nSPS) is 17.3. The van der Waals surface area contributed by atoms with Gasteiger partial charge in [0.2, 0.25) is 0 Å². The second-order valence-corrected chi connectivity index (χ2v) is 10.7. The van der Waals surface area contributed by atoms with E-state index in [0.29, 0.717) is 12.3 Å². The minimum absolute atomic E-state index is 0.177. The van der Waals surface area contributed by atoms with Crippen LogP contribution >= 0.6 is 0 Å². The van der Waals surface area contributed by atoms with E-state index < -0.39 is 8.32 Å². The highest BCUT2D eigenvalue weighted by Gasteiger charge is 2.39. The minimum Gasteiger partial charge on any atom is -0.414 e. The van der Waals surface area contributed by atoms with Crippen LogP contribution in [-0.2, 0) is 9.22 Å². The van der Waals surface area contributed by atoms with Crippen LogP contribution in [0, 0.1) is 5.92 Å². The molecule has 0 aliphatic heterocycles. The zero-order valence-corrected chi connectivity index (χ0v) is 12.3. The minimum atomic E-state index is -1.68. The van der Waals surface area contributed by atoms with E-state index in [-0.39, 0.29) is 11.1 Å². The zero-order valence-electron chi connectivity index (χ0n) is 11.3. The average Bonchev–Trinajstić information content (AvgIpc) is 2.01. The maximum atomic E-state index is 10.4. The van der Waals surface area contributed by atoms with Crippen LogP contribution in [0.25, 0.3) is 0 Å². The van der Waals surface area contributed by atoms with Crippen molar-refractivity contribution in [1.82, 2.24) is 0 Å². The highest BCUT2D eigenvalue weighted by molar-refractivity contribution is 6.74. The lowest BCUT2D eigenvalue weighted by atomic mass is 10.0. The Bertz CT molecular complexity index is 206. The van der Waals surface area contributed by atoms with Gasteiger partial charge in [-0.25, -0.2) is 0 Å². The number of carbonyl (C=O) groups is 1. The van der Waals surface area contributed by atoms with Crippen molar-refractivity contribution in [2.45, 2.75) is 65.3 Å². The van der Waals surface area contributed by atoms with E-state index in [2.05, 4.69) is 47.7 Å². The Morgan fingerprint density at radius 1 is 1.27 bits per heavy atom. The maximum Gasteiger partial charge on any atom is 0.192 e. The summed E-state index contributed by atoms with van der Waals surface area (Å²) in [5, 5.41) is 0.238. The van der Waals surface area contributed by atoms with Gasteiger partial charge in [0.15, 0.2) is 8.32 Å². The van der Waals surface area contributed by atoms with Crippen LogP contribution in [0.2, 0.25) is 18.1 Å². The molecule has 0 aromatic heterocycles. The first-order valence-corrected chi connectivity index (χ1v) is 8.64. The molecule has 2 atom stereocenters. The van der Waals surface area contributed by atoms with Crippen molar-refractivity contribution < 1.29 is 9.22 Å². The van der Waals surface area contributed by atoms with Crippen molar-refractivity contribution in [3.8, 4) is 0 Å². The molecule has 0 N–H and O–H groups in total. The monoisotopic (exact) mass is 230 g/mol. The summed E-state index contributed by atoms with van der Waals surface area (Å²) >= 11 is 0. The van der Waals surface area contributed by atoms with E-state index in [1.807, 2.05) is 0 Å². The Hall–Kier alpha value is -0.153. The Kier molecular flexibility index (Phi) is 5.20. The van der Waals surface area contributed by atoms with Gasteiger partial charge in [-0.1, -0.05) is 27.7 Å². The van der Waals surface area contributed by atoms with Crippen molar-refractivity contribution >= 4 is 14.6 Å². The van der Waals surface area contributed by atoms with Crippen molar-refractivity contribution in [1.29, 1.82) is 0 Å². The predicted molar refractivity (Wildman–Crippen MR) is 67.6 cm³/mol. The van der Waals surface area contributed by atoms with Crippen LogP contribution < -0.4 is 0 Å². The molecule has 3 heteroatoms. The first-order valence-electron chi connectivity index (χ1n) is 5.73. The molecule has 0 rings (SSSR count). The molecule has 0 bridgehead atoms. The molecule has 0 fully saturated rings. The summed E-state index contributed by atoms with van der Waals surface area (Å²) in [6.45, 7) is 15.3. The summed E-state index contributed by atoms with van der Waals surface area (Å²) in [5.74, 6) is 0.316. The van der Waals surface area contributed by atoms with E-state index >= 15 is 0 Å². The molecule has 90 valence electrons. The third-order valence-corrected chi connectivity index (χ3v) is 8.13. The molecule has 0 saturated carbocycles. The van der Waals surface area contributed by atoms with E-state index in [4.69, 9.17) is 4.43 Å². The lowest BCUT2D eigenvalue weighted by Gasteiger charge is -2.39. The van der Waals surface area contributed by atoms with Gasteiger partial charge in [0.1, 0.15) is 6.29 Å². The number of carbonyl (C=O) groups excluding carboxylic acids is 1. The number of rotatable bonds is 5. The molecule has 15 heavy (non-hydrogen) atoms. The molecule has 0 aromatic carbocycles. The Labute approximate surface area is 95.5 Å². The molecule has 0 radical (unpaired) electrons. The van der Waals surface area contributed by atoms with Gasteiger partial charge in [0.25, 0.3) is 0 Å². The second-order valence-electron chi connectivity index (χ2n) is 5.96. The smallest absolute Gasteiger partial charge is 0.192 e. The fraction of sp³-hybridized carbons (Fsp3) is 0.917. The Morgan fingerprint density at radius 2 is 1.73 bits per heavy atom. The van der Waals surface area contributed by atoms with Gasteiger partial charge in [-0.3, -0.25) is 0 Å². The van der Waals surface area contributed by atoms with E-state index in [9.17, 15) is 4.79 Å². The summed E-state index contributed by atoms with van der Waals surface area (Å²) < 4.78 is 6.20. The second kappa shape index (κ2) is 5.26. The molecule has 0 amide bonds. The molecule has 0 heterocycles. The lowest BCUT2D eigenvalue weighted by molar-refractivity contribution is -0.109. The summed E-state index contributed by atoms with van der Waals surface area (Å²) in [6, 6.07) is 0. The molecule has 0 aromatic rings. The Morgan fingerprint density at radius 3 is 2.07 bits per heavy atom. The zero-order chi connectivity index (χ0) is 12.3. The van der Waals surface area contributed by atoms with Crippen LogP contribution in [0.5, 0.6) is 0 Å². The standard InChI is InChI=1S/C12H26O2Si/c1-10(8-9-13)11(2)14-15(6,7)12(3,4)5/h9-11H,8H2,1-7H3/t10-,11?/m1/s1. The highest BCUT2D eigenvalue weighted by atomic mass is 28.4. The summed E-state index contributed by atoms with van der Waals surface area (Å²) in [6.07, 6.45) is 1.75. The summed E-state index contributed by atoms with van der Waals surface area (Å²) in [5.41, 5.74) is 0. The summed E-state index contributed by atoms with van der Waals surface area (Å²) in [4.78, 5) is 10.4. The number of hydrogen-bond donors (Lipinski definition) is 0. The van der Waals surface area contributed by atoms with Gasteiger partial charge < -0.3 is 9.22 Å². The number of aldehydes is 1. The fourth-order valence-corrected chi connectivity index (χ4v) is 2.62. The van der Waals surface area contributed by atoms with E-state index in [0.717, 1.165) is 6.29 Å². The highest BCUT2D eigenvalue weighted by Crippen LogP contribution is 2.38. The largest absolute Gasteiger partial charge is 0.414 e. The topological polar surface area (TPSA) is 26.3 Å². The van der Waals surface area contributed by atoms with Gasteiger partial charge in [0, 0.05) is 12.5 Å². The molecule has 0 saturated heterocycles. The van der Waals surface area contributed by atoms with Crippen LogP contribution in [-0.4, -0.2) is 20.7 Å². The molecule has 1 unspecified atom stereocenters. The SMILES string of the molecule is CC(O[Si](C)(C)C(C)(C)C)[C@H](C)CC=O. The Balaban J connectivity index is 4.39. The van der Waals surface area contributed by atoms with E-state index in [1.165, 1.54) is 0 Å².